The number of nitrogens with one attached hydrogen (secondary N) is 2. The van der Waals surface area contributed by atoms with E-state index in [1.165, 1.54) is 6.07 Å². The van der Waals surface area contributed by atoms with Crippen LogP contribution in [0.4, 0.5) is 17.1 Å². The molecule has 50 heavy (non-hydrogen) atoms. The Labute approximate surface area is 298 Å². The van der Waals surface area contributed by atoms with E-state index in [2.05, 4.69) is 10.3 Å². The van der Waals surface area contributed by atoms with Gasteiger partial charge in [-0.3, -0.25) is 24.2 Å². The standard InChI is InChI=1S/C36H37Cl2N4O7P/c1-18(2)32(43)40-24-8-25-29(23-7-5-4-6-22(23)24)20(10-37)13-41(25)33(44)35-15-36(16-35,17-35)34(45)42-14-21(11-38)30-26(42)9-27(49-50(46,47)48)31-28(30)19(3)12-39-31/h4-9,12,18,20-21,39H,10-11,13-17H2,1-3H3,(H,40,43)(H2,46,47,48)/t20-,21-,35?,36?/m1/s1. The molecule has 3 aromatic carbocycles. The van der Waals surface area contributed by atoms with Crippen LogP contribution in [0.5, 0.6) is 5.75 Å². The third-order valence-corrected chi connectivity index (χ3v) is 12.4. The molecule has 14 heteroatoms. The van der Waals surface area contributed by atoms with Crippen molar-refractivity contribution in [3.8, 4) is 5.75 Å². The van der Waals surface area contributed by atoms with Crippen molar-refractivity contribution < 1.29 is 33.3 Å². The van der Waals surface area contributed by atoms with E-state index in [0.29, 0.717) is 55.1 Å². The molecule has 2 bridgehead atoms. The van der Waals surface area contributed by atoms with E-state index >= 15 is 0 Å². The number of fused-ring (bicyclic) bond motifs is 6. The number of hydrogen-bond donors (Lipinski definition) is 4. The van der Waals surface area contributed by atoms with Crippen LogP contribution >= 0.6 is 31.0 Å². The molecule has 9 rings (SSSR count). The Hall–Kier alpha value is -3.60. The van der Waals surface area contributed by atoms with E-state index in [0.717, 1.165) is 38.5 Å². The van der Waals surface area contributed by atoms with Gasteiger partial charge in [-0.1, -0.05) is 38.1 Å². The molecular formula is C36H37Cl2N4O7P. The second-order valence-corrected chi connectivity index (χ2v) is 16.6. The summed E-state index contributed by atoms with van der Waals surface area (Å²) in [7, 11) is -4.90. The predicted molar refractivity (Wildman–Crippen MR) is 193 cm³/mol. The molecule has 0 unspecified atom stereocenters. The molecule has 3 fully saturated rings. The molecule has 3 amide bonds. The van der Waals surface area contributed by atoms with Crippen LogP contribution in [0.2, 0.25) is 0 Å². The van der Waals surface area contributed by atoms with Crippen LogP contribution in [0, 0.1) is 23.7 Å². The highest BCUT2D eigenvalue weighted by Gasteiger charge is 2.76. The number of amides is 3. The Morgan fingerprint density at radius 3 is 2.08 bits per heavy atom. The highest BCUT2D eigenvalue weighted by atomic mass is 35.5. The van der Waals surface area contributed by atoms with Gasteiger partial charge in [-0.2, -0.15) is 0 Å². The summed E-state index contributed by atoms with van der Waals surface area (Å²) in [5, 5.41) is 5.63. The Balaban J connectivity index is 1.09. The lowest BCUT2D eigenvalue weighted by atomic mass is 9.34. The summed E-state index contributed by atoms with van der Waals surface area (Å²) >= 11 is 13.0. The van der Waals surface area contributed by atoms with Gasteiger partial charge in [-0.15, -0.1) is 23.2 Å². The van der Waals surface area contributed by atoms with Crippen molar-refractivity contribution in [3.63, 3.8) is 0 Å². The molecule has 3 heterocycles. The lowest BCUT2D eigenvalue weighted by Crippen LogP contribution is -2.73. The number of carbonyl (C=O) groups excluding carboxylic acids is 3. The lowest BCUT2D eigenvalue weighted by molar-refractivity contribution is -0.204. The molecule has 0 spiro atoms. The molecule has 3 saturated carbocycles. The molecule has 0 saturated heterocycles. The van der Waals surface area contributed by atoms with Crippen LogP contribution in [0.15, 0.2) is 42.6 Å². The second kappa shape index (κ2) is 11.5. The molecule has 1 aromatic heterocycles. The largest absolute Gasteiger partial charge is 0.524 e. The number of benzene rings is 3. The van der Waals surface area contributed by atoms with Gasteiger partial charge in [0.15, 0.2) is 5.75 Å². The molecular weight excluding hydrogens is 702 g/mol. The zero-order valence-electron chi connectivity index (χ0n) is 27.8. The average Bonchev–Trinajstić information content (AvgIpc) is 3.71. The van der Waals surface area contributed by atoms with E-state index in [-0.39, 0.29) is 47.1 Å². The van der Waals surface area contributed by atoms with Crippen molar-refractivity contribution in [1.82, 2.24) is 4.98 Å². The number of aromatic nitrogens is 1. The minimum absolute atomic E-state index is 0.0418. The van der Waals surface area contributed by atoms with Gasteiger partial charge in [0.05, 0.1) is 27.7 Å². The van der Waals surface area contributed by atoms with Crippen molar-refractivity contribution in [2.24, 2.45) is 16.7 Å². The van der Waals surface area contributed by atoms with E-state index < -0.39 is 18.7 Å². The van der Waals surface area contributed by atoms with Gasteiger partial charge in [0.1, 0.15) is 0 Å². The molecule has 2 atom stereocenters. The van der Waals surface area contributed by atoms with E-state index in [1.54, 1.807) is 16.0 Å². The maximum Gasteiger partial charge on any atom is 0.524 e. The molecule has 2 aliphatic heterocycles. The first-order valence-corrected chi connectivity index (χ1v) is 19.3. The molecule has 0 radical (unpaired) electrons. The topological polar surface area (TPSA) is 152 Å². The number of carbonyl (C=O) groups is 3. The first kappa shape index (κ1) is 33.5. The normalized spacial score (nSPS) is 25.0. The smallest absolute Gasteiger partial charge is 0.402 e. The summed E-state index contributed by atoms with van der Waals surface area (Å²) in [6.07, 6.45) is 2.93. The Morgan fingerprint density at radius 1 is 0.960 bits per heavy atom. The quantitative estimate of drug-likeness (QED) is 0.113. The van der Waals surface area contributed by atoms with Crippen LogP contribution in [-0.4, -0.2) is 57.3 Å². The number of phosphoric ester groups is 1. The van der Waals surface area contributed by atoms with Crippen LogP contribution in [0.25, 0.3) is 21.7 Å². The molecule has 5 aliphatic rings. The lowest BCUT2D eigenvalue weighted by Gasteiger charge is -2.69. The van der Waals surface area contributed by atoms with Crippen molar-refractivity contribution >= 4 is 87.5 Å². The van der Waals surface area contributed by atoms with Gasteiger partial charge in [0.2, 0.25) is 17.7 Å². The predicted octanol–water partition coefficient (Wildman–Crippen LogP) is 6.90. The fourth-order valence-corrected chi connectivity index (χ4v) is 9.89. The minimum Gasteiger partial charge on any atom is -0.402 e. The fourth-order valence-electron chi connectivity index (χ4n) is 8.99. The van der Waals surface area contributed by atoms with Crippen molar-refractivity contribution in [1.29, 1.82) is 0 Å². The summed E-state index contributed by atoms with van der Waals surface area (Å²) < 4.78 is 17.0. The number of rotatable bonds is 8. The van der Waals surface area contributed by atoms with Gasteiger partial charge < -0.3 is 24.6 Å². The summed E-state index contributed by atoms with van der Waals surface area (Å²) in [5.74, 6) is -0.279. The summed E-state index contributed by atoms with van der Waals surface area (Å²) in [5.41, 5.74) is 3.59. The number of aryl methyl sites for hydroxylation is 1. The van der Waals surface area contributed by atoms with Crippen molar-refractivity contribution in [2.45, 2.75) is 51.9 Å². The van der Waals surface area contributed by atoms with E-state index in [4.69, 9.17) is 27.7 Å². The number of H-pyrrole nitrogens is 1. The van der Waals surface area contributed by atoms with Crippen molar-refractivity contribution in [3.05, 3.63) is 59.3 Å². The highest BCUT2D eigenvalue weighted by Crippen LogP contribution is 2.75. The Morgan fingerprint density at radius 2 is 1.52 bits per heavy atom. The number of nitrogens with zero attached hydrogens (tertiary/aromatic N) is 2. The van der Waals surface area contributed by atoms with E-state index in [1.807, 2.05) is 51.1 Å². The number of alkyl halides is 2. The number of phosphoric acid groups is 1. The zero-order valence-corrected chi connectivity index (χ0v) is 30.2. The van der Waals surface area contributed by atoms with Gasteiger partial charge >= 0.3 is 7.82 Å². The van der Waals surface area contributed by atoms with Gasteiger partial charge in [-0.25, -0.2) is 4.57 Å². The van der Waals surface area contributed by atoms with Crippen molar-refractivity contribution in [2.75, 3.05) is 40.0 Å². The van der Waals surface area contributed by atoms with Gasteiger partial charge in [-0.05, 0) is 54.3 Å². The summed E-state index contributed by atoms with van der Waals surface area (Å²) in [6, 6.07) is 11.2. The van der Waals surface area contributed by atoms with Crippen LogP contribution in [0.3, 0.4) is 0 Å². The monoisotopic (exact) mass is 738 g/mol. The first-order valence-electron chi connectivity index (χ1n) is 16.7. The average molecular weight is 740 g/mol. The first-order chi connectivity index (χ1) is 23.7. The summed E-state index contributed by atoms with van der Waals surface area (Å²) in [6.45, 7) is 6.27. The van der Waals surface area contributed by atoms with Crippen LogP contribution in [0.1, 0.15) is 61.6 Å². The van der Waals surface area contributed by atoms with Crippen LogP contribution < -0.4 is 19.6 Å². The molecule has 4 aromatic rings. The molecule has 3 aliphatic carbocycles. The number of anilines is 3. The molecule has 4 N–H and O–H groups in total. The molecule has 262 valence electrons. The third-order valence-electron chi connectivity index (χ3n) is 11.2. The maximum atomic E-state index is 14.5. The third kappa shape index (κ3) is 4.84. The number of hydrogen-bond acceptors (Lipinski definition) is 5. The van der Waals surface area contributed by atoms with Crippen LogP contribution in [-0.2, 0) is 18.9 Å². The Kier molecular flexibility index (Phi) is 7.68. The van der Waals surface area contributed by atoms with Gasteiger partial charge in [0, 0.05) is 71.3 Å². The SMILES string of the molecule is Cc1c[nH]c2c(OP(=O)(O)O)cc3c(c12)[C@H](CCl)CN3C(=O)C12CC(C(=O)N3C[C@@H](CCl)c4c3cc(NC(=O)C(C)C)c3ccccc43)(C1)C2. The number of halogens is 2. The second-order valence-electron chi connectivity index (χ2n) is 14.8. The maximum absolute atomic E-state index is 14.5. The fraction of sp³-hybridized carbons (Fsp3) is 0.417. The van der Waals surface area contributed by atoms with E-state index in [9.17, 15) is 28.7 Å². The zero-order chi connectivity index (χ0) is 35.5. The summed E-state index contributed by atoms with van der Waals surface area (Å²) in [4.78, 5) is 67.5. The van der Waals surface area contributed by atoms with Gasteiger partial charge in [0.25, 0.3) is 0 Å². The Bertz CT molecular complexity index is 2180. The highest BCUT2D eigenvalue weighted by molar-refractivity contribution is 7.46. The molecule has 11 nitrogen and oxygen atoms in total. The number of aromatic amines is 1. The minimum atomic E-state index is -4.90.